The Morgan fingerprint density at radius 2 is 1.30 bits per heavy atom. The van der Waals surface area contributed by atoms with Gasteiger partial charge in [-0.25, -0.2) is 0 Å². The van der Waals surface area contributed by atoms with Gasteiger partial charge in [0, 0.05) is 11.9 Å². The fraction of sp³-hybridized carbons (Fsp3) is 0.786. The minimum atomic E-state index is -1.01. The quantitative estimate of drug-likeness (QED) is 0.0907. The summed E-state index contributed by atoms with van der Waals surface area (Å²) in [6, 6.07) is 0. The zero-order valence-electron chi connectivity index (χ0n) is 41.9. The Labute approximate surface area is 384 Å². The maximum Gasteiger partial charge on any atom is 0.0826 e. The van der Waals surface area contributed by atoms with E-state index < -0.39 is 23.5 Å². The maximum absolute atomic E-state index is 11.0. The number of aliphatic hydroxyl groups is 1. The smallest absolute Gasteiger partial charge is 0.0826 e. The molecule has 0 spiro atoms. The van der Waals surface area contributed by atoms with Crippen molar-refractivity contribution in [3.05, 3.63) is 57.7 Å². The molecule has 0 aromatic heterocycles. The summed E-state index contributed by atoms with van der Waals surface area (Å²) in [6.45, 7) is 23.9. The Morgan fingerprint density at radius 3 is 1.92 bits per heavy atom. The zero-order valence-corrected chi connectivity index (χ0v) is 41.9. The normalized spacial score (nSPS) is 31.4. The number of fused-ring (bicyclic) bond motifs is 2. The van der Waals surface area contributed by atoms with E-state index >= 15 is 0 Å². The summed E-state index contributed by atoms with van der Waals surface area (Å²) >= 11 is 0. The van der Waals surface area contributed by atoms with Gasteiger partial charge < -0.3 is 34.4 Å². The van der Waals surface area contributed by atoms with Crippen molar-refractivity contribution in [3.63, 3.8) is 0 Å². The molecule has 0 aromatic rings. The molecule has 2 heterocycles. The van der Waals surface area contributed by atoms with Crippen molar-refractivity contribution >= 4 is 11.9 Å². The first-order chi connectivity index (χ1) is 29.6. The Kier molecular flexibility index (Phi) is 20.5. The average molecular weight is 875 g/mol. The van der Waals surface area contributed by atoms with Crippen LogP contribution in [0.15, 0.2) is 57.7 Å². The number of carboxylic acids is 2. The molecule has 1 N–H and O–H groups in total. The summed E-state index contributed by atoms with van der Waals surface area (Å²) in [5, 5.41) is 32.9. The van der Waals surface area contributed by atoms with Gasteiger partial charge in [0.05, 0.1) is 29.0 Å². The van der Waals surface area contributed by atoms with Crippen LogP contribution in [0.25, 0.3) is 0 Å². The van der Waals surface area contributed by atoms with Crippen LogP contribution >= 0.6 is 0 Å². The van der Waals surface area contributed by atoms with Gasteiger partial charge in [0.25, 0.3) is 0 Å². The third kappa shape index (κ3) is 16.7. The molecule has 0 amide bonds. The molecule has 358 valence electrons. The highest BCUT2D eigenvalue weighted by Gasteiger charge is 2.46. The van der Waals surface area contributed by atoms with Crippen LogP contribution in [0.4, 0.5) is 0 Å². The fourth-order valence-corrected chi connectivity index (χ4v) is 11.0. The first-order valence-electron chi connectivity index (χ1n) is 25.5. The standard InChI is InChI=1S/C56H92O7/c1-38(20-13-24-42(5)52(57)58)18-12-19-39(2)22-15-33-56(11)35-29-48-47(36-44(7)45(8)50(48)62-56)37-49-41(4)26-27-46-28-34-55(10,63-51(46)49)32-16-23-40(3)21-14-30-54(9,61)31-17-25-43(6)53(59)60/h18,22-23,27,41-45,49-51,61H,12-17,19-21,24-26,28-37H2,1-11H3,(H,57,58)(H,59,60)/p-2/b38-18+,39-22+,40-23+. The number of ether oxygens (including phenoxy) is 2. The van der Waals surface area contributed by atoms with Crippen LogP contribution in [-0.4, -0.2) is 46.1 Å². The number of hydrogen-bond donors (Lipinski definition) is 1. The number of carboxylic acid groups (broad SMARTS) is 2. The van der Waals surface area contributed by atoms with Gasteiger partial charge in [-0.15, -0.1) is 0 Å². The van der Waals surface area contributed by atoms with Crippen molar-refractivity contribution in [2.75, 3.05) is 0 Å². The topological polar surface area (TPSA) is 119 Å². The Balaban J connectivity index is 1.29. The summed E-state index contributed by atoms with van der Waals surface area (Å²) in [5.74, 6) is -0.643. The van der Waals surface area contributed by atoms with E-state index in [-0.39, 0.29) is 29.3 Å². The van der Waals surface area contributed by atoms with Crippen molar-refractivity contribution in [1.82, 2.24) is 0 Å². The van der Waals surface area contributed by atoms with Gasteiger partial charge in [0.15, 0.2) is 0 Å². The molecule has 2 aliphatic carbocycles. The summed E-state index contributed by atoms with van der Waals surface area (Å²) < 4.78 is 14.5. The van der Waals surface area contributed by atoms with Crippen LogP contribution in [0.2, 0.25) is 0 Å². The lowest BCUT2D eigenvalue weighted by atomic mass is 9.66. The van der Waals surface area contributed by atoms with Crippen LogP contribution in [0.3, 0.4) is 0 Å². The van der Waals surface area contributed by atoms with Gasteiger partial charge in [-0.2, -0.15) is 0 Å². The third-order valence-electron chi connectivity index (χ3n) is 16.2. The second-order valence-corrected chi connectivity index (χ2v) is 22.3. The molecule has 7 heteroatoms. The summed E-state index contributed by atoms with van der Waals surface area (Å²) in [7, 11) is 0. The van der Waals surface area contributed by atoms with Gasteiger partial charge in [-0.1, -0.05) is 81.2 Å². The van der Waals surface area contributed by atoms with E-state index in [1.807, 2.05) is 6.92 Å². The van der Waals surface area contributed by atoms with Crippen LogP contribution in [0.1, 0.15) is 217 Å². The number of carbonyl (C=O) groups is 2. The van der Waals surface area contributed by atoms with Crippen molar-refractivity contribution in [2.24, 2.45) is 35.5 Å². The van der Waals surface area contributed by atoms with E-state index in [4.69, 9.17) is 9.47 Å². The lowest BCUT2D eigenvalue weighted by molar-refractivity contribution is -0.312. The second kappa shape index (κ2) is 24.3. The van der Waals surface area contributed by atoms with Crippen molar-refractivity contribution in [2.45, 2.75) is 246 Å². The highest BCUT2D eigenvalue weighted by atomic mass is 16.5. The molecule has 0 aromatic carbocycles. The summed E-state index contributed by atoms with van der Waals surface area (Å²) in [5.41, 5.74) is 7.93. The van der Waals surface area contributed by atoms with E-state index in [1.165, 1.54) is 28.7 Å². The average Bonchev–Trinajstić information content (AvgIpc) is 3.20. The van der Waals surface area contributed by atoms with Crippen molar-refractivity contribution < 1.29 is 34.4 Å². The number of hydrogen-bond acceptors (Lipinski definition) is 7. The summed E-state index contributed by atoms with van der Waals surface area (Å²) in [6.07, 6.45) is 31.1. The van der Waals surface area contributed by atoms with Crippen LogP contribution < -0.4 is 10.2 Å². The lowest BCUT2D eigenvalue weighted by Gasteiger charge is -2.50. The van der Waals surface area contributed by atoms with Crippen molar-refractivity contribution in [3.8, 4) is 0 Å². The second-order valence-electron chi connectivity index (χ2n) is 22.3. The SMILES string of the molecule is C/C(=C\CCC1(C)CCC2=C(CC3C(C)CC=C4CCC(C)(CC/C=C(\C)CCCC(C)(O)CCCC(C)C(=O)[O-])OC43)CC(C)C(C)C2O1)CC/C=C(\C)CCCC(C)C(=O)[O-]. The number of allylic oxidation sites excluding steroid dienone is 8. The molecule has 2 saturated heterocycles. The minimum absolute atomic E-state index is 0.114. The predicted molar refractivity (Wildman–Crippen MR) is 254 cm³/mol. The molecular weight excluding hydrogens is 785 g/mol. The molecule has 0 bridgehead atoms. The van der Waals surface area contributed by atoms with Gasteiger partial charge in [-0.05, 0) is 229 Å². The van der Waals surface area contributed by atoms with Crippen LogP contribution in [-0.2, 0) is 19.1 Å². The third-order valence-corrected chi connectivity index (χ3v) is 16.2. The monoisotopic (exact) mass is 875 g/mol. The van der Waals surface area contributed by atoms with E-state index in [2.05, 4.69) is 79.7 Å². The predicted octanol–water partition coefficient (Wildman–Crippen LogP) is 12.0. The highest BCUT2D eigenvalue weighted by Crippen LogP contribution is 2.50. The first-order valence-corrected chi connectivity index (χ1v) is 25.5. The number of carbonyl (C=O) groups excluding carboxylic acids is 2. The largest absolute Gasteiger partial charge is 0.550 e. The summed E-state index contributed by atoms with van der Waals surface area (Å²) in [4.78, 5) is 22.0. The number of rotatable bonds is 25. The molecule has 11 unspecified atom stereocenters. The van der Waals surface area contributed by atoms with E-state index in [0.29, 0.717) is 55.8 Å². The van der Waals surface area contributed by atoms with Gasteiger partial charge in [-0.3, -0.25) is 0 Å². The molecule has 2 aliphatic heterocycles. The Morgan fingerprint density at radius 1 is 0.778 bits per heavy atom. The molecular formula is C56H90O7-2. The van der Waals surface area contributed by atoms with E-state index in [1.54, 1.807) is 25.0 Å². The zero-order chi connectivity index (χ0) is 46.5. The Bertz CT molecular complexity index is 1660. The molecule has 2 fully saturated rings. The van der Waals surface area contributed by atoms with Gasteiger partial charge in [0.2, 0.25) is 0 Å². The molecule has 0 saturated carbocycles. The molecule has 11 atom stereocenters. The molecule has 7 nitrogen and oxygen atoms in total. The van der Waals surface area contributed by atoms with Gasteiger partial charge >= 0.3 is 0 Å². The number of aliphatic carboxylic acids is 2. The van der Waals surface area contributed by atoms with E-state index in [0.717, 1.165) is 103 Å². The van der Waals surface area contributed by atoms with E-state index in [9.17, 15) is 24.9 Å². The molecule has 63 heavy (non-hydrogen) atoms. The maximum atomic E-state index is 11.0. The Hall–Kier alpha value is -2.48. The van der Waals surface area contributed by atoms with Crippen LogP contribution in [0.5, 0.6) is 0 Å². The van der Waals surface area contributed by atoms with Crippen molar-refractivity contribution in [1.29, 1.82) is 0 Å². The lowest BCUT2D eigenvalue weighted by Crippen LogP contribution is -2.47. The van der Waals surface area contributed by atoms with Gasteiger partial charge in [0.1, 0.15) is 0 Å². The first kappa shape index (κ1) is 53.1. The minimum Gasteiger partial charge on any atom is -0.550 e. The molecule has 4 aliphatic rings. The molecule has 4 rings (SSSR count). The van der Waals surface area contributed by atoms with Crippen LogP contribution in [0, 0.1) is 35.5 Å². The highest BCUT2D eigenvalue weighted by molar-refractivity contribution is 5.67. The molecule has 0 radical (unpaired) electrons. The fourth-order valence-electron chi connectivity index (χ4n) is 11.0.